The highest BCUT2D eigenvalue weighted by Crippen LogP contribution is 2.65. The zero-order valence-corrected chi connectivity index (χ0v) is 15.4. The number of nitrogens with one attached hydrogen (secondary N) is 1. The minimum absolute atomic E-state index is 0.0315. The zero-order valence-electron chi connectivity index (χ0n) is 12.4. The van der Waals surface area contributed by atoms with Crippen LogP contribution in [0, 0.1) is 18.7 Å². The van der Waals surface area contributed by atoms with Crippen molar-refractivity contribution >= 4 is 58.0 Å². The minimum Gasteiger partial charge on any atom is -0.326 e. The molecule has 1 N–H and O–H groups in total. The number of amides is 1. The highest BCUT2D eigenvalue weighted by molar-refractivity contribution is 6.53. The molecule has 2 aromatic carbocycles. The van der Waals surface area contributed by atoms with Crippen molar-refractivity contribution in [3.8, 4) is 0 Å². The van der Waals surface area contributed by atoms with Crippen molar-refractivity contribution in [2.75, 3.05) is 5.32 Å². The van der Waals surface area contributed by atoms with Gasteiger partial charge in [0.25, 0.3) is 0 Å². The quantitative estimate of drug-likeness (QED) is 0.625. The molecule has 0 aliphatic heterocycles. The van der Waals surface area contributed by atoms with Crippen LogP contribution in [0.3, 0.4) is 0 Å². The molecule has 0 radical (unpaired) electrons. The molecule has 1 fully saturated rings. The Bertz CT molecular complexity index is 824. The molecule has 0 saturated heterocycles. The second-order valence-electron chi connectivity index (χ2n) is 5.76. The van der Waals surface area contributed by atoms with Crippen LogP contribution in [0.4, 0.5) is 10.1 Å². The second-order valence-corrected chi connectivity index (χ2v) is 8.02. The number of hydrogen-bond acceptors (Lipinski definition) is 1. The van der Waals surface area contributed by atoms with Gasteiger partial charge in [-0.2, -0.15) is 0 Å². The number of anilines is 1. The molecule has 2 aromatic rings. The first-order valence-electron chi connectivity index (χ1n) is 7.11. The molecule has 3 rings (SSSR count). The molecule has 1 saturated carbocycles. The molecule has 0 aromatic heterocycles. The maximum atomic E-state index is 13.3. The summed E-state index contributed by atoms with van der Waals surface area (Å²) in [6.45, 7) is 1.84. The Morgan fingerprint density at radius 1 is 1.12 bits per heavy atom. The maximum Gasteiger partial charge on any atom is 0.231 e. The Morgan fingerprint density at radius 2 is 1.83 bits per heavy atom. The fourth-order valence-electron chi connectivity index (χ4n) is 2.72. The van der Waals surface area contributed by atoms with E-state index >= 15 is 0 Å². The van der Waals surface area contributed by atoms with Crippen LogP contribution in [-0.2, 0) is 4.79 Å². The molecule has 24 heavy (non-hydrogen) atoms. The maximum absolute atomic E-state index is 13.3. The molecule has 1 unspecified atom stereocenters. The highest BCUT2D eigenvalue weighted by atomic mass is 35.5. The van der Waals surface area contributed by atoms with E-state index in [9.17, 15) is 9.18 Å². The lowest BCUT2D eigenvalue weighted by atomic mass is 10.1. The van der Waals surface area contributed by atoms with Crippen LogP contribution in [0.25, 0.3) is 0 Å². The van der Waals surface area contributed by atoms with E-state index in [1.54, 1.807) is 18.2 Å². The summed E-state index contributed by atoms with van der Waals surface area (Å²) in [5.74, 6) is -1.95. The van der Waals surface area contributed by atoms with Crippen molar-refractivity contribution in [1.82, 2.24) is 0 Å². The summed E-state index contributed by atoms with van der Waals surface area (Å²) < 4.78 is 12.0. The number of halogens is 5. The van der Waals surface area contributed by atoms with Gasteiger partial charge < -0.3 is 5.32 Å². The van der Waals surface area contributed by atoms with Crippen LogP contribution in [0.1, 0.15) is 17.0 Å². The fraction of sp³-hybridized carbons (Fsp3) is 0.235. The van der Waals surface area contributed by atoms with Crippen molar-refractivity contribution in [3.63, 3.8) is 0 Å². The lowest BCUT2D eigenvalue weighted by Crippen LogP contribution is -2.17. The van der Waals surface area contributed by atoms with Crippen molar-refractivity contribution < 1.29 is 9.18 Å². The Labute approximate surface area is 158 Å². The van der Waals surface area contributed by atoms with E-state index in [4.69, 9.17) is 46.4 Å². The smallest absolute Gasteiger partial charge is 0.231 e. The van der Waals surface area contributed by atoms with Crippen LogP contribution in [0.15, 0.2) is 36.4 Å². The van der Waals surface area contributed by atoms with Gasteiger partial charge in [0.15, 0.2) is 0 Å². The normalized spacial score (nSPS) is 21.4. The number of hydrogen-bond donors (Lipinski definition) is 1. The Kier molecular flexibility index (Phi) is 4.73. The van der Waals surface area contributed by atoms with E-state index in [0.717, 1.165) is 5.56 Å². The van der Waals surface area contributed by atoms with Crippen molar-refractivity contribution in [2.45, 2.75) is 17.2 Å². The predicted molar refractivity (Wildman–Crippen MR) is 96.9 cm³/mol. The monoisotopic (exact) mass is 405 g/mol. The summed E-state index contributed by atoms with van der Waals surface area (Å²) in [7, 11) is 0. The largest absolute Gasteiger partial charge is 0.326 e. The number of carbonyl (C=O) groups excluding carboxylic acids is 1. The molecule has 0 bridgehead atoms. The molecule has 126 valence electrons. The first-order chi connectivity index (χ1) is 11.2. The molecule has 0 spiro atoms. The standard InChI is InChI=1S/C17H12Cl4FNO/c1-8-6-10(3-4-11(8)18)23-16(24)15-14(17(15,20)21)9-2-5-13(22)12(19)7-9/h2-7,14-15H,1H3,(H,23,24)/t14-,15?/m0/s1. The Morgan fingerprint density at radius 3 is 2.46 bits per heavy atom. The van der Waals surface area contributed by atoms with E-state index in [0.29, 0.717) is 16.3 Å². The summed E-state index contributed by atoms with van der Waals surface area (Å²) in [4.78, 5) is 12.5. The minimum atomic E-state index is -1.26. The van der Waals surface area contributed by atoms with Gasteiger partial charge in [0, 0.05) is 16.6 Å². The van der Waals surface area contributed by atoms with Crippen LogP contribution >= 0.6 is 46.4 Å². The topological polar surface area (TPSA) is 29.1 Å². The van der Waals surface area contributed by atoms with Crippen LogP contribution in [0.2, 0.25) is 10.0 Å². The molecule has 2 nitrogen and oxygen atoms in total. The molecular weight excluding hydrogens is 395 g/mol. The van der Waals surface area contributed by atoms with Crippen molar-refractivity contribution in [2.24, 2.45) is 5.92 Å². The lowest BCUT2D eigenvalue weighted by Gasteiger charge is -2.07. The lowest BCUT2D eigenvalue weighted by molar-refractivity contribution is -0.117. The summed E-state index contributed by atoms with van der Waals surface area (Å²) in [5, 5.41) is 3.36. The van der Waals surface area contributed by atoms with Gasteiger partial charge in [0.1, 0.15) is 10.2 Å². The third-order valence-electron chi connectivity index (χ3n) is 4.06. The van der Waals surface area contributed by atoms with Gasteiger partial charge in [-0.25, -0.2) is 4.39 Å². The number of alkyl halides is 2. The Balaban J connectivity index is 1.79. The van der Waals surface area contributed by atoms with E-state index in [2.05, 4.69) is 5.32 Å². The number of carbonyl (C=O) groups is 1. The van der Waals surface area contributed by atoms with Gasteiger partial charge >= 0.3 is 0 Å². The highest BCUT2D eigenvalue weighted by Gasteiger charge is 2.67. The number of rotatable bonds is 3. The fourth-order valence-corrected chi connectivity index (χ4v) is 3.85. The molecule has 2 atom stereocenters. The average Bonchev–Trinajstić information content (AvgIpc) is 3.08. The third kappa shape index (κ3) is 3.23. The summed E-state index contributed by atoms with van der Waals surface area (Å²) >= 11 is 24.3. The SMILES string of the molecule is Cc1cc(NC(=O)C2[C@H](c3ccc(F)c(Cl)c3)C2(Cl)Cl)ccc1Cl. The van der Waals surface area contributed by atoms with E-state index < -0.39 is 22.0 Å². The average molecular weight is 407 g/mol. The van der Waals surface area contributed by atoms with Crippen LogP contribution in [0.5, 0.6) is 0 Å². The van der Waals surface area contributed by atoms with Gasteiger partial charge in [-0.3, -0.25) is 4.79 Å². The van der Waals surface area contributed by atoms with Gasteiger partial charge in [0.2, 0.25) is 5.91 Å². The summed E-state index contributed by atoms with van der Waals surface area (Å²) in [5.41, 5.74) is 2.07. The summed E-state index contributed by atoms with van der Waals surface area (Å²) in [6, 6.07) is 9.37. The molecule has 1 aliphatic carbocycles. The number of aryl methyl sites for hydroxylation is 1. The van der Waals surface area contributed by atoms with Crippen molar-refractivity contribution in [3.05, 3.63) is 63.4 Å². The van der Waals surface area contributed by atoms with Gasteiger partial charge in [-0.15, -0.1) is 23.2 Å². The first kappa shape index (κ1) is 17.8. The zero-order chi connectivity index (χ0) is 17.6. The molecule has 1 amide bonds. The predicted octanol–water partition coefficient (Wildman–Crippen LogP) is 5.97. The molecule has 1 aliphatic rings. The van der Waals surface area contributed by atoms with E-state index in [-0.39, 0.29) is 10.9 Å². The van der Waals surface area contributed by atoms with Crippen LogP contribution < -0.4 is 5.32 Å². The van der Waals surface area contributed by atoms with Gasteiger partial charge in [-0.05, 0) is 48.4 Å². The Hall–Kier alpha value is -1.000. The van der Waals surface area contributed by atoms with Gasteiger partial charge in [-0.1, -0.05) is 29.3 Å². The molecular formula is C17H12Cl4FNO. The summed E-state index contributed by atoms with van der Waals surface area (Å²) in [6.07, 6.45) is 0. The van der Waals surface area contributed by atoms with E-state index in [1.165, 1.54) is 18.2 Å². The first-order valence-corrected chi connectivity index (χ1v) is 8.62. The third-order valence-corrected chi connectivity index (χ3v) is 5.72. The molecule has 7 heteroatoms. The van der Waals surface area contributed by atoms with E-state index in [1.807, 2.05) is 6.92 Å². The van der Waals surface area contributed by atoms with Crippen molar-refractivity contribution in [1.29, 1.82) is 0 Å². The second kappa shape index (κ2) is 6.38. The van der Waals surface area contributed by atoms with Gasteiger partial charge in [0.05, 0.1) is 10.9 Å². The number of benzene rings is 2. The molecule has 0 heterocycles. The van der Waals surface area contributed by atoms with Crippen LogP contribution in [-0.4, -0.2) is 10.2 Å².